The number of hydrogen-bond acceptors (Lipinski definition) is 5. The minimum atomic E-state index is -0.0695. The lowest BCUT2D eigenvalue weighted by atomic mass is 10.0. The molecule has 1 N–H and O–H groups in total. The molecule has 0 fully saturated rings. The van der Waals surface area contributed by atoms with E-state index in [0.717, 1.165) is 28.3 Å². The molecule has 0 atom stereocenters. The highest BCUT2D eigenvalue weighted by Gasteiger charge is 2.09. The number of thioether (sulfide) groups is 1. The van der Waals surface area contributed by atoms with Gasteiger partial charge in [0.25, 0.3) is 0 Å². The molecule has 0 radical (unpaired) electrons. The lowest BCUT2D eigenvalue weighted by molar-refractivity contribution is -0.113. The molecule has 1 aromatic heterocycles. The van der Waals surface area contributed by atoms with Crippen molar-refractivity contribution in [1.29, 1.82) is 0 Å². The van der Waals surface area contributed by atoms with Gasteiger partial charge in [-0.2, -0.15) is 0 Å². The molecule has 0 saturated carbocycles. The number of aromatic nitrogens is 1. The summed E-state index contributed by atoms with van der Waals surface area (Å²) in [6, 6.07) is 26.5. The maximum absolute atomic E-state index is 12.3. The fourth-order valence-corrected chi connectivity index (χ4v) is 4.50. The molecule has 1 heterocycles. The van der Waals surface area contributed by atoms with Gasteiger partial charge in [0, 0.05) is 15.8 Å². The molecule has 0 spiro atoms. The molecule has 0 unspecified atom stereocenters. The smallest absolute Gasteiger partial charge is 0.236 e. The molecule has 4 nitrogen and oxygen atoms in total. The van der Waals surface area contributed by atoms with Crippen LogP contribution in [0.25, 0.3) is 11.3 Å². The highest BCUT2D eigenvalue weighted by molar-refractivity contribution is 8.00. The van der Waals surface area contributed by atoms with Crippen molar-refractivity contribution < 1.29 is 9.53 Å². The van der Waals surface area contributed by atoms with Crippen LogP contribution in [0.3, 0.4) is 0 Å². The van der Waals surface area contributed by atoms with Gasteiger partial charge in [0.1, 0.15) is 5.75 Å². The molecule has 3 aromatic carbocycles. The van der Waals surface area contributed by atoms with Crippen molar-refractivity contribution in [2.75, 3.05) is 18.2 Å². The normalized spacial score (nSPS) is 10.6. The van der Waals surface area contributed by atoms with Gasteiger partial charge in [-0.05, 0) is 41.8 Å². The zero-order valence-corrected chi connectivity index (χ0v) is 18.7. The molecule has 0 aliphatic heterocycles. The van der Waals surface area contributed by atoms with Gasteiger partial charge in [-0.15, -0.1) is 23.1 Å². The molecule has 0 bridgehead atoms. The first-order valence-corrected chi connectivity index (χ1v) is 11.7. The summed E-state index contributed by atoms with van der Waals surface area (Å²) < 4.78 is 5.15. The fourth-order valence-electron chi connectivity index (χ4n) is 3.06. The first kappa shape index (κ1) is 21.2. The van der Waals surface area contributed by atoms with Crippen LogP contribution in [0.5, 0.6) is 5.75 Å². The fraction of sp³-hybridized carbons (Fsp3) is 0.120. The zero-order valence-electron chi connectivity index (χ0n) is 17.1. The van der Waals surface area contributed by atoms with Gasteiger partial charge in [-0.3, -0.25) is 4.79 Å². The van der Waals surface area contributed by atoms with Crippen molar-refractivity contribution >= 4 is 34.1 Å². The summed E-state index contributed by atoms with van der Waals surface area (Å²) in [6.45, 7) is 0. The van der Waals surface area contributed by atoms with Crippen LogP contribution in [0.4, 0.5) is 5.13 Å². The third kappa shape index (κ3) is 5.96. The van der Waals surface area contributed by atoms with E-state index in [2.05, 4.69) is 58.8 Å². The minimum Gasteiger partial charge on any atom is -0.497 e. The van der Waals surface area contributed by atoms with Gasteiger partial charge in [0.15, 0.2) is 5.13 Å². The van der Waals surface area contributed by atoms with Crippen LogP contribution in [-0.2, 0) is 11.2 Å². The third-order valence-electron chi connectivity index (χ3n) is 4.68. The summed E-state index contributed by atoms with van der Waals surface area (Å²) in [5, 5.41) is 5.48. The van der Waals surface area contributed by atoms with Crippen LogP contribution in [0.1, 0.15) is 11.1 Å². The number of nitrogens with zero attached hydrogens (tertiary/aromatic N) is 1. The number of carbonyl (C=O) groups excluding carboxylic acids is 1. The second-order valence-electron chi connectivity index (χ2n) is 6.91. The minimum absolute atomic E-state index is 0.0695. The quantitative estimate of drug-likeness (QED) is 0.330. The van der Waals surface area contributed by atoms with Gasteiger partial charge in [0.05, 0.1) is 18.6 Å². The maximum Gasteiger partial charge on any atom is 0.236 e. The van der Waals surface area contributed by atoms with E-state index in [0.29, 0.717) is 10.9 Å². The summed E-state index contributed by atoms with van der Waals surface area (Å²) in [6.07, 6.45) is 0.908. The van der Waals surface area contributed by atoms with Crippen molar-refractivity contribution in [3.63, 3.8) is 0 Å². The van der Waals surface area contributed by atoms with Crippen LogP contribution in [0.15, 0.2) is 89.1 Å². The number of nitrogens with one attached hydrogen (secondary N) is 1. The average molecular weight is 447 g/mol. The van der Waals surface area contributed by atoms with Gasteiger partial charge < -0.3 is 10.1 Å². The number of thiazole rings is 1. The average Bonchev–Trinajstić information content (AvgIpc) is 3.27. The van der Waals surface area contributed by atoms with Crippen LogP contribution in [0.2, 0.25) is 0 Å². The molecule has 0 aliphatic rings. The van der Waals surface area contributed by atoms with E-state index in [1.54, 1.807) is 7.11 Å². The summed E-state index contributed by atoms with van der Waals surface area (Å²) in [5.41, 5.74) is 4.46. The van der Waals surface area contributed by atoms with Gasteiger partial charge in [-0.1, -0.05) is 54.6 Å². The number of ether oxygens (including phenoxy) is 1. The van der Waals surface area contributed by atoms with E-state index >= 15 is 0 Å². The molecular formula is C25H22N2O2S2. The van der Waals surface area contributed by atoms with Crippen LogP contribution in [0, 0.1) is 0 Å². The summed E-state index contributed by atoms with van der Waals surface area (Å²) >= 11 is 2.92. The zero-order chi connectivity index (χ0) is 21.5. The lowest BCUT2D eigenvalue weighted by Gasteiger charge is -2.04. The topological polar surface area (TPSA) is 51.2 Å². The highest BCUT2D eigenvalue weighted by Crippen LogP contribution is 2.26. The molecule has 1 amide bonds. The molecule has 0 aliphatic carbocycles. The van der Waals surface area contributed by atoms with Crippen molar-refractivity contribution in [1.82, 2.24) is 4.98 Å². The van der Waals surface area contributed by atoms with Crippen LogP contribution >= 0.6 is 23.1 Å². The number of amides is 1. The van der Waals surface area contributed by atoms with E-state index in [9.17, 15) is 4.79 Å². The lowest BCUT2D eigenvalue weighted by Crippen LogP contribution is -2.13. The van der Waals surface area contributed by atoms with Crippen LogP contribution < -0.4 is 10.1 Å². The molecule has 156 valence electrons. The molecular weight excluding hydrogens is 424 g/mol. The summed E-state index contributed by atoms with van der Waals surface area (Å²) in [7, 11) is 1.64. The van der Waals surface area contributed by atoms with E-state index < -0.39 is 0 Å². The number of methoxy groups -OCH3 is 1. The number of rotatable bonds is 8. The summed E-state index contributed by atoms with van der Waals surface area (Å²) in [5.74, 6) is 1.06. The largest absolute Gasteiger partial charge is 0.497 e. The SMILES string of the molecule is COc1ccc(SCC(=O)Nc2nc(-c3ccc(Cc4ccccc4)cc3)cs2)cc1. The Morgan fingerprint density at radius 1 is 0.968 bits per heavy atom. The van der Waals surface area contributed by atoms with Gasteiger partial charge >= 0.3 is 0 Å². The Labute approximate surface area is 190 Å². The molecule has 6 heteroatoms. The first-order valence-electron chi connectivity index (χ1n) is 9.85. The second kappa shape index (κ2) is 10.3. The van der Waals surface area contributed by atoms with Gasteiger partial charge in [0.2, 0.25) is 5.91 Å². The predicted molar refractivity (Wildman–Crippen MR) is 129 cm³/mol. The van der Waals surface area contributed by atoms with E-state index in [-0.39, 0.29) is 5.91 Å². The monoisotopic (exact) mass is 446 g/mol. The van der Waals surface area contributed by atoms with E-state index in [1.807, 2.05) is 35.7 Å². The Morgan fingerprint density at radius 3 is 2.39 bits per heavy atom. The van der Waals surface area contributed by atoms with Crippen molar-refractivity contribution in [3.8, 4) is 17.0 Å². The molecule has 4 aromatic rings. The Balaban J connectivity index is 1.31. The van der Waals surface area contributed by atoms with Gasteiger partial charge in [-0.25, -0.2) is 4.98 Å². The second-order valence-corrected chi connectivity index (χ2v) is 8.82. The number of carbonyl (C=O) groups is 1. The highest BCUT2D eigenvalue weighted by atomic mass is 32.2. The molecule has 4 rings (SSSR count). The van der Waals surface area contributed by atoms with Crippen LogP contribution in [-0.4, -0.2) is 23.8 Å². The number of benzene rings is 3. The van der Waals surface area contributed by atoms with Crippen molar-refractivity contribution in [3.05, 3.63) is 95.4 Å². The number of hydrogen-bond donors (Lipinski definition) is 1. The standard InChI is InChI=1S/C25H22N2O2S2/c1-29-21-11-13-22(14-12-21)30-17-24(28)27-25-26-23(16-31-25)20-9-7-19(8-10-20)15-18-5-3-2-4-6-18/h2-14,16H,15,17H2,1H3,(H,26,27,28). The van der Waals surface area contributed by atoms with E-state index in [4.69, 9.17) is 4.74 Å². The molecule has 31 heavy (non-hydrogen) atoms. The number of anilines is 1. The van der Waals surface area contributed by atoms with E-state index in [1.165, 1.54) is 34.2 Å². The van der Waals surface area contributed by atoms with Crippen molar-refractivity contribution in [2.45, 2.75) is 11.3 Å². The Hall–Kier alpha value is -3.09. The molecule has 0 saturated heterocycles. The van der Waals surface area contributed by atoms with Crippen molar-refractivity contribution in [2.24, 2.45) is 0 Å². The predicted octanol–water partition coefficient (Wildman–Crippen LogP) is 6.14. The Kier molecular flexibility index (Phi) is 7.02. The Morgan fingerprint density at radius 2 is 1.68 bits per heavy atom. The Bertz CT molecular complexity index is 1120. The maximum atomic E-state index is 12.3. The first-order chi connectivity index (χ1) is 15.2. The summed E-state index contributed by atoms with van der Waals surface area (Å²) in [4.78, 5) is 17.9. The third-order valence-corrected chi connectivity index (χ3v) is 6.45.